The van der Waals surface area contributed by atoms with Crippen LogP contribution in [-0.2, 0) is 20.0 Å². The second-order valence-corrected chi connectivity index (χ2v) is 17.5. The molecule has 4 bridgehead atoms. The summed E-state index contributed by atoms with van der Waals surface area (Å²) in [5, 5.41) is 21.7. The third kappa shape index (κ3) is 4.03. The minimum atomic E-state index is -3.75. The molecule has 0 unspecified atom stereocenters. The number of hydrogen-bond acceptors (Lipinski definition) is 6. The van der Waals surface area contributed by atoms with E-state index in [1.54, 1.807) is 0 Å². The van der Waals surface area contributed by atoms with Gasteiger partial charge >= 0.3 is 0 Å². The summed E-state index contributed by atoms with van der Waals surface area (Å²) in [5.41, 5.74) is -1.81. The van der Waals surface area contributed by atoms with Crippen molar-refractivity contribution in [1.82, 2.24) is 9.44 Å². The molecule has 5 rings (SSSR count). The van der Waals surface area contributed by atoms with E-state index in [1.807, 2.05) is 0 Å². The summed E-state index contributed by atoms with van der Waals surface area (Å²) in [6.45, 7) is 8.33. The van der Waals surface area contributed by atoms with Gasteiger partial charge in [0.15, 0.2) is 0 Å². The third-order valence-electron chi connectivity index (χ3n) is 12.1. The standard InChI is InChI=1S/C26H46N2O6S2/c1-23(2)17-9-11-25(23,21(29)13-17)15-35(31,32)27-19-7-5-6-8-20(19)28-36(33,34)16-26-12-10-18(14-22(26)30)24(26,3)4/h17-22,27-30H,5-16H2,1-4H3/t17-,18-,19-,20-,21+,22+,25-,26+/m0/s1. The quantitative estimate of drug-likeness (QED) is 0.370. The van der Waals surface area contributed by atoms with Gasteiger partial charge in [-0.05, 0) is 74.0 Å². The molecular formula is C26H46N2O6S2. The summed E-state index contributed by atoms with van der Waals surface area (Å²) in [6.07, 6.45) is 6.17. The number of aliphatic hydroxyl groups excluding tert-OH is 2. The third-order valence-corrected chi connectivity index (χ3v) is 15.2. The summed E-state index contributed by atoms with van der Waals surface area (Å²) < 4.78 is 59.6. The van der Waals surface area contributed by atoms with Gasteiger partial charge in [-0.15, -0.1) is 0 Å². The number of nitrogens with one attached hydrogen (secondary N) is 2. The molecule has 5 aliphatic rings. The van der Waals surface area contributed by atoms with Crippen LogP contribution in [-0.4, -0.2) is 62.8 Å². The van der Waals surface area contributed by atoms with Crippen LogP contribution in [0.5, 0.6) is 0 Å². The van der Waals surface area contributed by atoms with Crippen LogP contribution in [0.1, 0.15) is 91.9 Å². The predicted octanol–water partition coefficient (Wildman–Crippen LogP) is 2.51. The number of aliphatic hydroxyl groups is 2. The van der Waals surface area contributed by atoms with E-state index in [2.05, 4.69) is 37.1 Å². The zero-order chi connectivity index (χ0) is 26.4. The fourth-order valence-corrected chi connectivity index (χ4v) is 13.8. The Kier molecular flexibility index (Phi) is 6.54. The fraction of sp³-hybridized carbons (Fsp3) is 1.00. The first-order valence-electron chi connectivity index (χ1n) is 13.9. The maximum atomic E-state index is 13.5. The molecule has 0 aromatic carbocycles. The molecule has 0 heterocycles. The van der Waals surface area contributed by atoms with E-state index in [0.717, 1.165) is 25.7 Å². The zero-order valence-corrected chi connectivity index (χ0v) is 23.9. The van der Waals surface area contributed by atoms with Gasteiger partial charge in [-0.2, -0.15) is 0 Å². The lowest BCUT2D eigenvalue weighted by atomic mass is 9.70. The molecule has 0 radical (unpaired) electrons. The first kappa shape index (κ1) is 27.3. The van der Waals surface area contributed by atoms with Crippen LogP contribution in [0.25, 0.3) is 0 Å². The van der Waals surface area contributed by atoms with Crippen molar-refractivity contribution in [3.63, 3.8) is 0 Å². The molecule has 208 valence electrons. The van der Waals surface area contributed by atoms with Crippen LogP contribution in [0.4, 0.5) is 0 Å². The van der Waals surface area contributed by atoms with Crippen LogP contribution < -0.4 is 9.44 Å². The van der Waals surface area contributed by atoms with Crippen molar-refractivity contribution in [2.75, 3.05) is 11.5 Å². The Balaban J connectivity index is 1.30. The van der Waals surface area contributed by atoms with E-state index in [9.17, 15) is 27.0 Å². The van der Waals surface area contributed by atoms with Crippen molar-refractivity contribution < 1.29 is 27.0 Å². The molecule has 5 saturated carbocycles. The maximum absolute atomic E-state index is 13.5. The SMILES string of the molecule is CC1(C)[C@H]2CC[C@]1(CS(=O)(=O)N[C@H]1CCCC[C@@H]1NS(=O)(=O)C[C@]13CC[C@@H](C[C@H]1O)C3(C)C)[C@H](O)C2. The van der Waals surface area contributed by atoms with Crippen molar-refractivity contribution in [2.24, 2.45) is 33.5 Å². The Morgan fingerprint density at radius 1 is 0.667 bits per heavy atom. The second-order valence-electron chi connectivity index (χ2n) is 14.0. The first-order valence-corrected chi connectivity index (χ1v) is 17.2. The molecule has 36 heavy (non-hydrogen) atoms. The van der Waals surface area contributed by atoms with E-state index < -0.39 is 55.2 Å². The van der Waals surface area contributed by atoms with Crippen molar-refractivity contribution in [2.45, 2.75) is 116 Å². The van der Waals surface area contributed by atoms with Gasteiger partial charge in [-0.1, -0.05) is 40.5 Å². The molecule has 0 aliphatic heterocycles. The summed E-state index contributed by atoms with van der Waals surface area (Å²) in [6, 6.07) is -1.02. The monoisotopic (exact) mass is 546 g/mol. The first-order chi connectivity index (χ1) is 16.6. The summed E-state index contributed by atoms with van der Waals surface area (Å²) in [4.78, 5) is 0. The average molecular weight is 547 g/mol. The van der Waals surface area contributed by atoms with Crippen molar-refractivity contribution in [3.05, 3.63) is 0 Å². The van der Waals surface area contributed by atoms with Crippen molar-refractivity contribution in [1.29, 1.82) is 0 Å². The van der Waals surface area contributed by atoms with Gasteiger partial charge in [-0.25, -0.2) is 26.3 Å². The summed E-state index contributed by atoms with van der Waals surface area (Å²) >= 11 is 0. The van der Waals surface area contributed by atoms with E-state index in [0.29, 0.717) is 50.4 Å². The molecule has 4 N–H and O–H groups in total. The fourth-order valence-electron chi connectivity index (χ4n) is 9.39. The van der Waals surface area contributed by atoms with Gasteiger partial charge in [0.2, 0.25) is 20.0 Å². The van der Waals surface area contributed by atoms with Gasteiger partial charge < -0.3 is 10.2 Å². The van der Waals surface area contributed by atoms with Gasteiger partial charge in [0.1, 0.15) is 0 Å². The predicted molar refractivity (Wildman–Crippen MR) is 139 cm³/mol. The van der Waals surface area contributed by atoms with Gasteiger partial charge in [0.05, 0.1) is 23.7 Å². The summed E-state index contributed by atoms with van der Waals surface area (Å²) in [5.74, 6) is 0.431. The van der Waals surface area contributed by atoms with E-state index in [-0.39, 0.29) is 22.3 Å². The van der Waals surface area contributed by atoms with Crippen LogP contribution in [0.3, 0.4) is 0 Å². The van der Waals surface area contributed by atoms with Crippen LogP contribution in [0.15, 0.2) is 0 Å². The largest absolute Gasteiger partial charge is 0.392 e. The molecule has 10 heteroatoms. The maximum Gasteiger partial charge on any atom is 0.212 e. The molecule has 0 aromatic rings. The lowest BCUT2D eigenvalue weighted by molar-refractivity contribution is 0.0148. The highest BCUT2D eigenvalue weighted by Crippen LogP contribution is 2.67. The topological polar surface area (TPSA) is 133 Å². The van der Waals surface area contributed by atoms with Gasteiger partial charge in [0, 0.05) is 22.9 Å². The zero-order valence-electron chi connectivity index (χ0n) is 22.3. The van der Waals surface area contributed by atoms with Gasteiger partial charge in [0.25, 0.3) is 0 Å². The number of fused-ring (bicyclic) bond motifs is 4. The number of rotatable bonds is 8. The minimum Gasteiger partial charge on any atom is -0.392 e. The molecule has 8 atom stereocenters. The molecular weight excluding hydrogens is 500 g/mol. The summed E-state index contributed by atoms with van der Waals surface area (Å²) in [7, 11) is -7.49. The number of hydrogen-bond donors (Lipinski definition) is 4. The minimum absolute atomic E-state index is 0.120. The smallest absolute Gasteiger partial charge is 0.212 e. The normalized spacial score (nSPS) is 45.4. The Bertz CT molecular complexity index is 1000. The van der Waals surface area contributed by atoms with Crippen LogP contribution in [0.2, 0.25) is 0 Å². The Morgan fingerprint density at radius 3 is 1.31 bits per heavy atom. The van der Waals surface area contributed by atoms with E-state index in [4.69, 9.17) is 0 Å². The Morgan fingerprint density at radius 2 is 1.03 bits per heavy atom. The highest BCUT2D eigenvalue weighted by atomic mass is 32.2. The van der Waals surface area contributed by atoms with E-state index >= 15 is 0 Å². The lowest BCUT2D eigenvalue weighted by Gasteiger charge is -2.42. The lowest BCUT2D eigenvalue weighted by Crippen LogP contribution is -2.57. The molecule has 0 spiro atoms. The van der Waals surface area contributed by atoms with Crippen LogP contribution >= 0.6 is 0 Å². The van der Waals surface area contributed by atoms with Crippen molar-refractivity contribution in [3.8, 4) is 0 Å². The molecule has 5 aliphatic carbocycles. The van der Waals surface area contributed by atoms with Gasteiger partial charge in [-0.3, -0.25) is 0 Å². The Hall–Kier alpha value is -0.260. The average Bonchev–Trinajstić information content (AvgIpc) is 3.27. The van der Waals surface area contributed by atoms with E-state index in [1.165, 1.54) is 0 Å². The number of sulfonamides is 2. The van der Waals surface area contributed by atoms with Crippen LogP contribution in [0, 0.1) is 33.5 Å². The molecule has 8 nitrogen and oxygen atoms in total. The molecule has 0 amide bonds. The molecule has 0 saturated heterocycles. The highest BCUT2D eigenvalue weighted by molar-refractivity contribution is 7.89. The highest BCUT2D eigenvalue weighted by Gasteiger charge is 2.66. The second kappa shape index (κ2) is 8.62. The Labute approximate surface area is 217 Å². The molecule has 0 aromatic heterocycles. The van der Waals surface area contributed by atoms with Crippen molar-refractivity contribution >= 4 is 20.0 Å². The molecule has 5 fully saturated rings.